The van der Waals surface area contributed by atoms with E-state index in [0.29, 0.717) is 5.69 Å². The van der Waals surface area contributed by atoms with Crippen LogP contribution in [0.15, 0.2) is 66.9 Å². The molecule has 0 aliphatic rings. The van der Waals surface area contributed by atoms with Crippen molar-refractivity contribution in [1.82, 2.24) is 4.98 Å². The molecule has 0 aliphatic carbocycles. The van der Waals surface area contributed by atoms with Crippen LogP contribution in [-0.4, -0.2) is 18.0 Å². The zero-order valence-corrected chi connectivity index (χ0v) is 14.1. The Labute approximate surface area is 146 Å². The van der Waals surface area contributed by atoms with Gasteiger partial charge in [-0.15, -0.1) is 0 Å². The van der Waals surface area contributed by atoms with Crippen molar-refractivity contribution >= 4 is 23.0 Å². The number of carbonyl (C=O) groups is 1. The van der Waals surface area contributed by atoms with Gasteiger partial charge < -0.3 is 15.4 Å². The van der Waals surface area contributed by atoms with Crippen molar-refractivity contribution < 1.29 is 9.53 Å². The van der Waals surface area contributed by atoms with Crippen LogP contribution in [0.3, 0.4) is 0 Å². The van der Waals surface area contributed by atoms with E-state index in [1.54, 1.807) is 19.4 Å². The monoisotopic (exact) mass is 333 g/mol. The first kappa shape index (κ1) is 16.5. The lowest BCUT2D eigenvalue weighted by atomic mass is 10.2. The lowest BCUT2D eigenvalue weighted by Gasteiger charge is -2.10. The number of rotatable bonds is 5. The summed E-state index contributed by atoms with van der Waals surface area (Å²) < 4.78 is 5.22. The largest absolute Gasteiger partial charge is 0.497 e. The summed E-state index contributed by atoms with van der Waals surface area (Å²) in [7, 11) is 1.62. The molecule has 0 atom stereocenters. The van der Waals surface area contributed by atoms with Crippen molar-refractivity contribution in [3.8, 4) is 5.75 Å². The minimum absolute atomic E-state index is 0.247. The first-order valence-corrected chi connectivity index (χ1v) is 7.90. The molecular weight excluding hydrogens is 314 g/mol. The molecule has 0 fully saturated rings. The average molecular weight is 333 g/mol. The predicted molar refractivity (Wildman–Crippen MR) is 99.6 cm³/mol. The number of hydrogen-bond acceptors (Lipinski definition) is 4. The number of para-hydroxylation sites is 1. The van der Waals surface area contributed by atoms with E-state index < -0.39 is 0 Å². The molecule has 0 aliphatic heterocycles. The predicted octanol–water partition coefficient (Wildman–Crippen LogP) is 4.39. The molecule has 0 spiro atoms. The quantitative estimate of drug-likeness (QED) is 0.727. The summed E-state index contributed by atoms with van der Waals surface area (Å²) in [6, 6.07) is 18.7. The van der Waals surface area contributed by atoms with Gasteiger partial charge in [0, 0.05) is 29.3 Å². The summed E-state index contributed by atoms with van der Waals surface area (Å²) in [5.74, 6) is 0.514. The Bertz CT molecular complexity index is 893. The molecule has 0 unspecified atom stereocenters. The molecule has 1 amide bonds. The van der Waals surface area contributed by atoms with Gasteiger partial charge in [-0.2, -0.15) is 0 Å². The van der Waals surface area contributed by atoms with Crippen molar-refractivity contribution in [2.45, 2.75) is 6.92 Å². The van der Waals surface area contributed by atoms with Gasteiger partial charge in [-0.1, -0.05) is 24.3 Å². The van der Waals surface area contributed by atoms with E-state index in [-0.39, 0.29) is 5.91 Å². The molecular formula is C20H19N3O2. The smallest absolute Gasteiger partial charge is 0.274 e. The Morgan fingerprint density at radius 1 is 1.00 bits per heavy atom. The lowest BCUT2D eigenvalue weighted by molar-refractivity contribution is 0.102. The summed E-state index contributed by atoms with van der Waals surface area (Å²) in [6.07, 6.45) is 1.61. The Kier molecular flexibility index (Phi) is 4.95. The highest BCUT2D eigenvalue weighted by Crippen LogP contribution is 2.22. The van der Waals surface area contributed by atoms with Gasteiger partial charge >= 0.3 is 0 Å². The average Bonchev–Trinajstić information content (AvgIpc) is 2.64. The number of pyridine rings is 1. The van der Waals surface area contributed by atoms with E-state index in [0.717, 1.165) is 28.4 Å². The third kappa shape index (κ3) is 4.14. The number of nitrogens with one attached hydrogen (secondary N) is 2. The van der Waals surface area contributed by atoms with Gasteiger partial charge in [0.15, 0.2) is 0 Å². The van der Waals surface area contributed by atoms with E-state index in [4.69, 9.17) is 4.74 Å². The van der Waals surface area contributed by atoms with E-state index in [2.05, 4.69) is 15.6 Å². The van der Waals surface area contributed by atoms with Gasteiger partial charge in [-0.3, -0.25) is 9.78 Å². The summed E-state index contributed by atoms with van der Waals surface area (Å²) in [6.45, 7) is 1.95. The van der Waals surface area contributed by atoms with Crippen molar-refractivity contribution in [1.29, 1.82) is 0 Å². The van der Waals surface area contributed by atoms with Crippen LogP contribution in [0.1, 0.15) is 16.1 Å². The van der Waals surface area contributed by atoms with Crippen LogP contribution < -0.4 is 15.4 Å². The Balaban J connectivity index is 1.76. The molecule has 0 bridgehead atoms. The van der Waals surface area contributed by atoms with Crippen LogP contribution >= 0.6 is 0 Å². The standard InChI is InChI=1S/C20H19N3O2/c1-14-6-3-4-9-18(14)23-20(24)19-13-16(10-11-21-19)22-15-7-5-8-17(12-15)25-2/h3-13H,1-2H3,(H,21,22)(H,23,24). The number of ether oxygens (including phenoxy) is 1. The summed E-state index contributed by atoms with van der Waals surface area (Å²) >= 11 is 0. The Hall–Kier alpha value is -3.34. The molecule has 0 radical (unpaired) electrons. The molecule has 5 heteroatoms. The molecule has 2 N–H and O–H groups in total. The van der Waals surface area contributed by atoms with Crippen molar-refractivity contribution in [3.05, 3.63) is 78.1 Å². The molecule has 1 heterocycles. The molecule has 0 saturated heterocycles. The van der Waals surface area contributed by atoms with Gasteiger partial charge in [-0.05, 0) is 42.8 Å². The highest BCUT2D eigenvalue weighted by atomic mass is 16.5. The fraction of sp³-hybridized carbons (Fsp3) is 0.100. The Morgan fingerprint density at radius 3 is 2.60 bits per heavy atom. The number of benzene rings is 2. The zero-order valence-electron chi connectivity index (χ0n) is 14.1. The number of methoxy groups -OCH3 is 1. The van der Waals surface area contributed by atoms with Crippen molar-refractivity contribution in [3.63, 3.8) is 0 Å². The lowest BCUT2D eigenvalue weighted by Crippen LogP contribution is -2.14. The minimum Gasteiger partial charge on any atom is -0.497 e. The number of anilines is 3. The molecule has 25 heavy (non-hydrogen) atoms. The highest BCUT2D eigenvalue weighted by Gasteiger charge is 2.10. The molecule has 3 rings (SSSR count). The van der Waals surface area contributed by atoms with Crippen LogP contribution in [0.25, 0.3) is 0 Å². The molecule has 2 aromatic carbocycles. The third-order valence-electron chi connectivity index (χ3n) is 3.74. The van der Waals surface area contributed by atoms with E-state index in [1.807, 2.05) is 61.5 Å². The van der Waals surface area contributed by atoms with E-state index >= 15 is 0 Å². The number of carbonyl (C=O) groups excluding carboxylic acids is 1. The summed E-state index contributed by atoms with van der Waals surface area (Å²) in [4.78, 5) is 16.6. The van der Waals surface area contributed by atoms with Crippen LogP contribution in [0.2, 0.25) is 0 Å². The second-order valence-electron chi connectivity index (χ2n) is 5.56. The van der Waals surface area contributed by atoms with Crippen LogP contribution in [0.5, 0.6) is 5.75 Å². The molecule has 126 valence electrons. The summed E-state index contributed by atoms with van der Waals surface area (Å²) in [5.41, 5.74) is 3.77. The van der Waals surface area contributed by atoms with Gasteiger partial charge in [0.05, 0.1) is 7.11 Å². The zero-order chi connectivity index (χ0) is 17.6. The first-order valence-electron chi connectivity index (χ1n) is 7.90. The van der Waals surface area contributed by atoms with Crippen LogP contribution in [0.4, 0.5) is 17.1 Å². The normalized spacial score (nSPS) is 10.2. The molecule has 5 nitrogen and oxygen atoms in total. The number of aromatic nitrogens is 1. The SMILES string of the molecule is COc1cccc(Nc2ccnc(C(=O)Nc3ccccc3C)c2)c1. The van der Waals surface area contributed by atoms with Gasteiger partial charge in [-0.25, -0.2) is 0 Å². The Morgan fingerprint density at radius 2 is 1.80 bits per heavy atom. The molecule has 0 saturated carbocycles. The van der Waals surface area contributed by atoms with Gasteiger partial charge in [0.2, 0.25) is 0 Å². The van der Waals surface area contributed by atoms with Gasteiger partial charge in [0.1, 0.15) is 11.4 Å². The summed E-state index contributed by atoms with van der Waals surface area (Å²) in [5, 5.41) is 6.14. The van der Waals surface area contributed by atoms with Crippen molar-refractivity contribution in [2.24, 2.45) is 0 Å². The van der Waals surface area contributed by atoms with Crippen LogP contribution in [-0.2, 0) is 0 Å². The molecule has 3 aromatic rings. The maximum absolute atomic E-state index is 12.5. The second-order valence-corrected chi connectivity index (χ2v) is 5.56. The van der Waals surface area contributed by atoms with Gasteiger partial charge in [0.25, 0.3) is 5.91 Å². The number of hydrogen-bond donors (Lipinski definition) is 2. The third-order valence-corrected chi connectivity index (χ3v) is 3.74. The number of amides is 1. The minimum atomic E-state index is -0.247. The van der Waals surface area contributed by atoms with E-state index in [9.17, 15) is 4.79 Å². The number of aryl methyl sites for hydroxylation is 1. The first-order chi connectivity index (χ1) is 12.2. The highest BCUT2D eigenvalue weighted by molar-refractivity contribution is 6.03. The van der Waals surface area contributed by atoms with Crippen molar-refractivity contribution in [2.75, 3.05) is 17.7 Å². The maximum Gasteiger partial charge on any atom is 0.274 e. The maximum atomic E-state index is 12.5. The number of nitrogens with zero attached hydrogens (tertiary/aromatic N) is 1. The van der Waals surface area contributed by atoms with Crippen LogP contribution in [0, 0.1) is 6.92 Å². The fourth-order valence-corrected chi connectivity index (χ4v) is 2.40. The second kappa shape index (κ2) is 7.49. The molecule has 1 aromatic heterocycles. The van der Waals surface area contributed by atoms with E-state index in [1.165, 1.54) is 0 Å². The topological polar surface area (TPSA) is 63.2 Å². The fourth-order valence-electron chi connectivity index (χ4n) is 2.40.